The van der Waals surface area contributed by atoms with Gasteiger partial charge >= 0.3 is 0 Å². The molecule has 0 fully saturated rings. The second-order valence-electron chi connectivity index (χ2n) is 5.24. The maximum Gasteiger partial charge on any atom is 0.236 e. The summed E-state index contributed by atoms with van der Waals surface area (Å²) in [6, 6.07) is 8.72. The first-order valence-corrected chi connectivity index (χ1v) is 7.74. The lowest BCUT2D eigenvalue weighted by molar-refractivity contribution is -0.122. The SMILES string of the molecule is CCCNC(=O)C(C)NC(CC)c1ccc(CC)cc1. The van der Waals surface area contributed by atoms with Crippen molar-refractivity contribution in [3.63, 3.8) is 0 Å². The van der Waals surface area contributed by atoms with Crippen LogP contribution in [0.25, 0.3) is 0 Å². The van der Waals surface area contributed by atoms with Crippen molar-refractivity contribution in [1.29, 1.82) is 0 Å². The fraction of sp³-hybridized carbons (Fsp3) is 0.588. The maximum absolute atomic E-state index is 11.9. The van der Waals surface area contributed by atoms with Crippen LogP contribution in [-0.2, 0) is 11.2 Å². The lowest BCUT2D eigenvalue weighted by Crippen LogP contribution is -2.43. The van der Waals surface area contributed by atoms with Gasteiger partial charge in [-0.15, -0.1) is 0 Å². The van der Waals surface area contributed by atoms with E-state index in [1.165, 1.54) is 11.1 Å². The predicted molar refractivity (Wildman–Crippen MR) is 84.8 cm³/mol. The maximum atomic E-state index is 11.9. The van der Waals surface area contributed by atoms with Crippen molar-refractivity contribution >= 4 is 5.91 Å². The number of benzene rings is 1. The van der Waals surface area contributed by atoms with Crippen molar-refractivity contribution in [2.75, 3.05) is 6.54 Å². The van der Waals surface area contributed by atoms with E-state index in [1.54, 1.807) is 0 Å². The summed E-state index contributed by atoms with van der Waals surface area (Å²) in [4.78, 5) is 11.9. The molecule has 0 radical (unpaired) electrons. The van der Waals surface area contributed by atoms with Crippen molar-refractivity contribution in [1.82, 2.24) is 10.6 Å². The van der Waals surface area contributed by atoms with Gasteiger partial charge in [-0.3, -0.25) is 10.1 Å². The van der Waals surface area contributed by atoms with Crippen LogP contribution >= 0.6 is 0 Å². The highest BCUT2D eigenvalue weighted by Gasteiger charge is 2.17. The minimum Gasteiger partial charge on any atom is -0.355 e. The zero-order chi connectivity index (χ0) is 15.0. The van der Waals surface area contributed by atoms with Crippen LogP contribution in [0.5, 0.6) is 0 Å². The molecule has 2 unspecified atom stereocenters. The third-order valence-corrected chi connectivity index (χ3v) is 3.59. The highest BCUT2D eigenvalue weighted by molar-refractivity contribution is 5.81. The van der Waals surface area contributed by atoms with Gasteiger partial charge in [0.2, 0.25) is 5.91 Å². The normalized spacial score (nSPS) is 13.8. The van der Waals surface area contributed by atoms with Gasteiger partial charge in [-0.1, -0.05) is 45.0 Å². The first kappa shape index (κ1) is 16.7. The molecule has 0 aliphatic rings. The fourth-order valence-electron chi connectivity index (χ4n) is 2.21. The van der Waals surface area contributed by atoms with Crippen molar-refractivity contribution in [3.8, 4) is 0 Å². The number of aryl methyl sites for hydroxylation is 1. The lowest BCUT2D eigenvalue weighted by Gasteiger charge is -2.22. The monoisotopic (exact) mass is 276 g/mol. The molecule has 2 N–H and O–H groups in total. The molecule has 3 nitrogen and oxygen atoms in total. The Morgan fingerprint density at radius 2 is 1.80 bits per heavy atom. The van der Waals surface area contributed by atoms with Crippen molar-refractivity contribution in [2.24, 2.45) is 0 Å². The number of rotatable bonds is 8. The molecule has 0 saturated heterocycles. The van der Waals surface area contributed by atoms with E-state index >= 15 is 0 Å². The first-order chi connectivity index (χ1) is 9.62. The molecule has 1 aromatic carbocycles. The van der Waals surface area contributed by atoms with Gasteiger partial charge in [0.05, 0.1) is 6.04 Å². The van der Waals surface area contributed by atoms with E-state index in [4.69, 9.17) is 0 Å². The van der Waals surface area contributed by atoms with Crippen LogP contribution in [0, 0.1) is 0 Å². The van der Waals surface area contributed by atoms with Gasteiger partial charge in [0.15, 0.2) is 0 Å². The van der Waals surface area contributed by atoms with Crippen LogP contribution in [0.2, 0.25) is 0 Å². The highest BCUT2D eigenvalue weighted by atomic mass is 16.2. The van der Waals surface area contributed by atoms with Gasteiger partial charge in [0, 0.05) is 12.6 Å². The summed E-state index contributed by atoms with van der Waals surface area (Å²) in [5.41, 5.74) is 2.59. The molecule has 2 atom stereocenters. The van der Waals surface area contributed by atoms with E-state index in [2.05, 4.69) is 55.7 Å². The summed E-state index contributed by atoms with van der Waals surface area (Å²) in [5, 5.41) is 6.35. The molecule has 1 rings (SSSR count). The van der Waals surface area contributed by atoms with Crippen LogP contribution < -0.4 is 10.6 Å². The zero-order valence-electron chi connectivity index (χ0n) is 13.2. The highest BCUT2D eigenvalue weighted by Crippen LogP contribution is 2.18. The first-order valence-electron chi connectivity index (χ1n) is 7.74. The van der Waals surface area contributed by atoms with Crippen molar-refractivity contribution in [2.45, 2.75) is 59.0 Å². The molecular weight excluding hydrogens is 248 g/mol. The molecule has 1 amide bonds. The Morgan fingerprint density at radius 3 is 2.30 bits per heavy atom. The second kappa shape index (κ2) is 8.75. The van der Waals surface area contributed by atoms with E-state index < -0.39 is 0 Å². The van der Waals surface area contributed by atoms with Gasteiger partial charge in [0.25, 0.3) is 0 Å². The lowest BCUT2D eigenvalue weighted by atomic mass is 10.0. The molecule has 0 heterocycles. The smallest absolute Gasteiger partial charge is 0.236 e. The standard InChI is InChI=1S/C17H28N2O/c1-5-12-18-17(20)13(4)19-16(7-3)15-10-8-14(6-2)9-11-15/h8-11,13,16,19H,5-7,12H2,1-4H3,(H,18,20). The minimum atomic E-state index is -0.169. The van der Waals surface area contributed by atoms with Crippen LogP contribution in [0.1, 0.15) is 57.7 Å². The molecule has 20 heavy (non-hydrogen) atoms. The Bertz CT molecular complexity index is 400. The van der Waals surface area contributed by atoms with E-state index in [9.17, 15) is 4.79 Å². The van der Waals surface area contributed by atoms with Gasteiger partial charge in [-0.25, -0.2) is 0 Å². The van der Waals surface area contributed by atoms with Crippen LogP contribution in [0.4, 0.5) is 0 Å². The second-order valence-corrected chi connectivity index (χ2v) is 5.24. The third-order valence-electron chi connectivity index (χ3n) is 3.59. The molecule has 0 saturated carbocycles. The molecule has 3 heteroatoms. The average molecular weight is 276 g/mol. The van der Waals surface area contributed by atoms with Crippen molar-refractivity contribution in [3.05, 3.63) is 35.4 Å². The van der Waals surface area contributed by atoms with Gasteiger partial charge in [-0.05, 0) is 37.3 Å². The number of nitrogens with one attached hydrogen (secondary N) is 2. The van der Waals surface area contributed by atoms with Crippen LogP contribution in [0.3, 0.4) is 0 Å². The summed E-state index contributed by atoms with van der Waals surface area (Å²) in [5.74, 6) is 0.0791. The average Bonchev–Trinajstić information content (AvgIpc) is 2.50. The number of carbonyl (C=O) groups is 1. The largest absolute Gasteiger partial charge is 0.355 e. The summed E-state index contributed by atoms with van der Waals surface area (Å²) < 4.78 is 0. The zero-order valence-corrected chi connectivity index (χ0v) is 13.2. The Labute approximate surface area is 123 Å². The van der Waals surface area contributed by atoms with Gasteiger partial charge < -0.3 is 5.32 Å². The number of amides is 1. The molecule has 112 valence electrons. The summed E-state index contributed by atoms with van der Waals surface area (Å²) >= 11 is 0. The molecule has 0 aliphatic heterocycles. The topological polar surface area (TPSA) is 41.1 Å². The number of hydrogen-bond acceptors (Lipinski definition) is 2. The Hall–Kier alpha value is -1.35. The summed E-state index contributed by atoms with van der Waals surface area (Å²) in [6.45, 7) is 9.02. The third kappa shape index (κ3) is 4.97. The van der Waals surface area contributed by atoms with Gasteiger partial charge in [-0.2, -0.15) is 0 Å². The Morgan fingerprint density at radius 1 is 1.15 bits per heavy atom. The molecule has 0 spiro atoms. The minimum absolute atomic E-state index is 0.0791. The Kier molecular flexibility index (Phi) is 7.31. The number of carbonyl (C=O) groups excluding carboxylic acids is 1. The van der Waals surface area contributed by atoms with Crippen molar-refractivity contribution < 1.29 is 4.79 Å². The molecule has 0 aromatic heterocycles. The summed E-state index contributed by atoms with van der Waals surface area (Å²) in [6.07, 6.45) is 2.99. The van der Waals surface area contributed by atoms with E-state index in [0.717, 1.165) is 25.8 Å². The van der Waals surface area contributed by atoms with E-state index in [0.29, 0.717) is 0 Å². The van der Waals surface area contributed by atoms with Crippen LogP contribution in [-0.4, -0.2) is 18.5 Å². The quantitative estimate of drug-likeness (QED) is 0.765. The Balaban J connectivity index is 2.63. The van der Waals surface area contributed by atoms with Gasteiger partial charge in [0.1, 0.15) is 0 Å². The van der Waals surface area contributed by atoms with Crippen LogP contribution in [0.15, 0.2) is 24.3 Å². The number of hydrogen-bond donors (Lipinski definition) is 2. The molecular formula is C17H28N2O. The van der Waals surface area contributed by atoms with E-state index in [-0.39, 0.29) is 18.0 Å². The molecule has 0 aliphatic carbocycles. The molecule has 1 aromatic rings. The van der Waals surface area contributed by atoms with E-state index in [1.807, 2.05) is 6.92 Å². The predicted octanol–water partition coefficient (Wildman–Crippen LogP) is 3.20. The fourth-order valence-corrected chi connectivity index (χ4v) is 2.21. The molecule has 0 bridgehead atoms. The summed E-state index contributed by atoms with van der Waals surface area (Å²) in [7, 11) is 0.